The zero-order valence-corrected chi connectivity index (χ0v) is 18.5. The number of likely N-dealkylation sites (tertiary alicyclic amines) is 1. The van der Waals surface area contributed by atoms with Gasteiger partial charge in [-0.05, 0) is 48.9 Å². The number of aromatic nitrogens is 4. The molecule has 5 rings (SSSR count). The zero-order chi connectivity index (χ0) is 21.9. The predicted octanol–water partition coefficient (Wildman–Crippen LogP) is 4.31. The van der Waals surface area contributed by atoms with E-state index in [0.717, 1.165) is 50.2 Å². The molecule has 0 atom stereocenters. The van der Waals surface area contributed by atoms with Crippen LogP contribution in [-0.2, 0) is 24.8 Å². The number of rotatable bonds is 6. The summed E-state index contributed by atoms with van der Waals surface area (Å²) in [6, 6.07) is 18.9. The van der Waals surface area contributed by atoms with Crippen LogP contribution < -0.4 is 0 Å². The number of benzene rings is 2. The molecular weight excluding hydrogens is 398 g/mol. The smallest absolute Gasteiger partial charge is 0.222 e. The van der Waals surface area contributed by atoms with E-state index in [9.17, 15) is 4.79 Å². The highest BCUT2D eigenvalue weighted by molar-refractivity contribution is 5.85. The summed E-state index contributed by atoms with van der Waals surface area (Å²) in [4.78, 5) is 14.7. The Morgan fingerprint density at radius 3 is 2.62 bits per heavy atom. The molecule has 0 N–H and O–H groups in total. The molecule has 3 heterocycles. The molecule has 2 aromatic heterocycles. The standard InChI is InChI=1S/C26H29N5O/c1-29-19-24(27-28-29)22-8-9-25-23(17-22)13-16-31(25)18-21-11-14-30(15-12-21)26(32)10-7-20-5-3-2-4-6-20/h2-6,8-9,13,16-17,19,21H,7,10-12,14-15,18H2,1H3. The SMILES string of the molecule is Cn1cc(-c2ccc3c(ccn3CC3CCN(C(=O)CCc4ccccc4)CC3)c2)nn1. The van der Waals surface area contributed by atoms with E-state index in [4.69, 9.17) is 0 Å². The number of nitrogens with zero attached hydrogens (tertiary/aromatic N) is 5. The number of hydrogen-bond donors (Lipinski definition) is 0. The van der Waals surface area contributed by atoms with Gasteiger partial charge in [-0.2, -0.15) is 0 Å². The van der Waals surface area contributed by atoms with E-state index >= 15 is 0 Å². The Bertz CT molecular complexity index is 1200. The first-order valence-corrected chi connectivity index (χ1v) is 11.4. The summed E-state index contributed by atoms with van der Waals surface area (Å²) < 4.78 is 4.08. The average molecular weight is 428 g/mol. The van der Waals surface area contributed by atoms with Crippen molar-refractivity contribution in [1.82, 2.24) is 24.5 Å². The van der Waals surface area contributed by atoms with Crippen LogP contribution >= 0.6 is 0 Å². The molecule has 6 nitrogen and oxygen atoms in total. The van der Waals surface area contributed by atoms with Crippen molar-refractivity contribution in [2.45, 2.75) is 32.2 Å². The van der Waals surface area contributed by atoms with E-state index in [-0.39, 0.29) is 5.91 Å². The van der Waals surface area contributed by atoms with Crippen molar-refractivity contribution in [3.05, 3.63) is 72.6 Å². The number of piperidine rings is 1. The van der Waals surface area contributed by atoms with E-state index in [1.165, 1.54) is 16.5 Å². The van der Waals surface area contributed by atoms with E-state index in [1.807, 2.05) is 31.4 Å². The van der Waals surface area contributed by atoms with Crippen LogP contribution in [0.2, 0.25) is 0 Å². The molecule has 1 amide bonds. The highest BCUT2D eigenvalue weighted by atomic mass is 16.2. The van der Waals surface area contributed by atoms with E-state index in [0.29, 0.717) is 12.3 Å². The topological polar surface area (TPSA) is 56.0 Å². The number of fused-ring (bicyclic) bond motifs is 1. The molecule has 4 aromatic rings. The Balaban J connectivity index is 1.17. The first-order chi connectivity index (χ1) is 15.7. The molecule has 6 heteroatoms. The Morgan fingerprint density at radius 1 is 1.06 bits per heavy atom. The Labute approximate surface area is 188 Å². The lowest BCUT2D eigenvalue weighted by Gasteiger charge is -2.32. The number of amides is 1. The third-order valence-electron chi connectivity index (χ3n) is 6.56. The Morgan fingerprint density at radius 2 is 1.88 bits per heavy atom. The zero-order valence-electron chi connectivity index (χ0n) is 18.5. The molecule has 32 heavy (non-hydrogen) atoms. The molecule has 1 fully saturated rings. The van der Waals surface area contributed by atoms with Gasteiger partial charge in [-0.15, -0.1) is 5.10 Å². The van der Waals surface area contributed by atoms with Crippen LogP contribution in [0, 0.1) is 5.92 Å². The lowest BCUT2D eigenvalue weighted by atomic mass is 9.96. The molecule has 1 aliphatic heterocycles. The summed E-state index contributed by atoms with van der Waals surface area (Å²) in [6.45, 7) is 2.74. The summed E-state index contributed by atoms with van der Waals surface area (Å²) in [7, 11) is 1.88. The Hall–Kier alpha value is -3.41. The molecule has 0 spiro atoms. The van der Waals surface area contributed by atoms with Gasteiger partial charge >= 0.3 is 0 Å². The van der Waals surface area contributed by atoms with Crippen molar-refractivity contribution in [3.63, 3.8) is 0 Å². The van der Waals surface area contributed by atoms with Gasteiger partial charge in [-0.25, -0.2) is 0 Å². The molecule has 1 saturated heterocycles. The summed E-state index contributed by atoms with van der Waals surface area (Å²) >= 11 is 0. The van der Waals surface area contributed by atoms with Crippen molar-refractivity contribution < 1.29 is 4.79 Å². The largest absolute Gasteiger partial charge is 0.347 e. The molecule has 164 valence electrons. The lowest BCUT2D eigenvalue weighted by Crippen LogP contribution is -2.39. The van der Waals surface area contributed by atoms with Crippen molar-refractivity contribution in [2.75, 3.05) is 13.1 Å². The summed E-state index contributed by atoms with van der Waals surface area (Å²) in [5, 5.41) is 9.48. The second-order valence-electron chi connectivity index (χ2n) is 8.83. The van der Waals surface area contributed by atoms with E-state index in [2.05, 4.69) is 62.4 Å². The van der Waals surface area contributed by atoms with Crippen molar-refractivity contribution in [3.8, 4) is 11.3 Å². The Kier molecular flexibility index (Phi) is 5.75. The minimum atomic E-state index is 0.287. The van der Waals surface area contributed by atoms with Crippen molar-refractivity contribution in [2.24, 2.45) is 13.0 Å². The van der Waals surface area contributed by atoms with Crippen LogP contribution in [0.4, 0.5) is 0 Å². The third kappa shape index (κ3) is 4.44. The highest BCUT2D eigenvalue weighted by Crippen LogP contribution is 2.26. The van der Waals surface area contributed by atoms with Crippen LogP contribution in [0.25, 0.3) is 22.2 Å². The quantitative estimate of drug-likeness (QED) is 0.461. The van der Waals surface area contributed by atoms with Gasteiger partial charge in [0, 0.05) is 55.8 Å². The van der Waals surface area contributed by atoms with Gasteiger partial charge in [0.1, 0.15) is 5.69 Å². The number of aryl methyl sites for hydroxylation is 2. The predicted molar refractivity (Wildman–Crippen MR) is 126 cm³/mol. The number of hydrogen-bond acceptors (Lipinski definition) is 3. The lowest BCUT2D eigenvalue weighted by molar-refractivity contribution is -0.132. The van der Waals surface area contributed by atoms with E-state index in [1.54, 1.807) is 4.68 Å². The van der Waals surface area contributed by atoms with Gasteiger partial charge in [0.2, 0.25) is 5.91 Å². The fourth-order valence-electron chi connectivity index (χ4n) is 4.70. The van der Waals surface area contributed by atoms with Gasteiger partial charge in [0.15, 0.2) is 0 Å². The second kappa shape index (κ2) is 8.99. The molecule has 2 aromatic carbocycles. The highest BCUT2D eigenvalue weighted by Gasteiger charge is 2.23. The van der Waals surface area contributed by atoms with Crippen molar-refractivity contribution >= 4 is 16.8 Å². The van der Waals surface area contributed by atoms with Gasteiger partial charge in [-0.3, -0.25) is 9.48 Å². The van der Waals surface area contributed by atoms with Crippen molar-refractivity contribution in [1.29, 1.82) is 0 Å². The maximum absolute atomic E-state index is 12.6. The van der Waals surface area contributed by atoms with Gasteiger partial charge < -0.3 is 9.47 Å². The molecule has 0 saturated carbocycles. The van der Waals surface area contributed by atoms with Crippen LogP contribution in [0.1, 0.15) is 24.8 Å². The normalized spacial score (nSPS) is 14.8. The molecule has 1 aliphatic rings. The fraction of sp³-hybridized carbons (Fsp3) is 0.346. The maximum Gasteiger partial charge on any atom is 0.222 e. The molecule has 0 bridgehead atoms. The number of carbonyl (C=O) groups excluding carboxylic acids is 1. The second-order valence-corrected chi connectivity index (χ2v) is 8.83. The summed E-state index contributed by atoms with van der Waals surface area (Å²) in [6.07, 6.45) is 7.68. The first-order valence-electron chi connectivity index (χ1n) is 11.4. The molecule has 0 aliphatic carbocycles. The first kappa shape index (κ1) is 20.5. The van der Waals surface area contributed by atoms with Crippen LogP contribution in [-0.4, -0.2) is 43.5 Å². The monoisotopic (exact) mass is 427 g/mol. The molecule has 0 unspecified atom stereocenters. The fourth-order valence-corrected chi connectivity index (χ4v) is 4.70. The average Bonchev–Trinajstić information content (AvgIpc) is 3.44. The van der Waals surface area contributed by atoms with Crippen LogP contribution in [0.15, 0.2) is 67.0 Å². The van der Waals surface area contributed by atoms with Crippen LogP contribution in [0.5, 0.6) is 0 Å². The summed E-state index contributed by atoms with van der Waals surface area (Å²) in [5.74, 6) is 0.888. The van der Waals surface area contributed by atoms with Crippen LogP contribution in [0.3, 0.4) is 0 Å². The van der Waals surface area contributed by atoms with Gasteiger partial charge in [0.25, 0.3) is 0 Å². The summed E-state index contributed by atoms with van der Waals surface area (Å²) in [5.41, 5.74) is 4.47. The van der Waals surface area contributed by atoms with E-state index < -0.39 is 0 Å². The van der Waals surface area contributed by atoms with Gasteiger partial charge in [0.05, 0.1) is 6.20 Å². The minimum Gasteiger partial charge on any atom is -0.347 e. The molecule has 0 radical (unpaired) electrons. The third-order valence-corrected chi connectivity index (χ3v) is 6.56. The number of carbonyl (C=O) groups is 1. The molecular formula is C26H29N5O. The maximum atomic E-state index is 12.6. The van der Waals surface area contributed by atoms with Gasteiger partial charge in [-0.1, -0.05) is 41.6 Å². The minimum absolute atomic E-state index is 0.287.